The van der Waals surface area contributed by atoms with Crippen molar-refractivity contribution in [2.24, 2.45) is 5.41 Å². The molecule has 0 bridgehead atoms. The lowest BCUT2D eigenvalue weighted by atomic mass is 9.73. The van der Waals surface area contributed by atoms with Gasteiger partial charge in [0.05, 0.1) is 12.7 Å². The van der Waals surface area contributed by atoms with Crippen LogP contribution in [-0.4, -0.2) is 50.3 Å². The number of allylic oxidation sites excluding steroid dienone is 1. The third-order valence-electron chi connectivity index (χ3n) is 5.27. The van der Waals surface area contributed by atoms with Gasteiger partial charge < -0.3 is 14.4 Å². The molecule has 3 rings (SSSR count). The lowest BCUT2D eigenvalue weighted by Gasteiger charge is -2.50. The minimum Gasteiger partial charge on any atom is -0.384 e. The van der Waals surface area contributed by atoms with Crippen molar-refractivity contribution in [3.8, 4) is 0 Å². The molecule has 2 heterocycles. The van der Waals surface area contributed by atoms with Crippen LogP contribution in [0.15, 0.2) is 11.6 Å². The average molecular weight is 293 g/mol. The Morgan fingerprint density at radius 1 is 1.48 bits per heavy atom. The molecule has 1 aliphatic carbocycles. The van der Waals surface area contributed by atoms with E-state index in [0.717, 1.165) is 63.8 Å². The van der Waals surface area contributed by atoms with Crippen LogP contribution in [0.4, 0.5) is 0 Å². The van der Waals surface area contributed by atoms with Crippen molar-refractivity contribution in [1.29, 1.82) is 0 Å². The van der Waals surface area contributed by atoms with Gasteiger partial charge in [0, 0.05) is 37.8 Å². The lowest BCUT2D eigenvalue weighted by molar-refractivity contribution is -0.160. The summed E-state index contributed by atoms with van der Waals surface area (Å²) in [4.78, 5) is 14.8. The molecule has 21 heavy (non-hydrogen) atoms. The fraction of sp³-hybridized carbons (Fsp3) is 0.824. The number of fused-ring (bicyclic) bond motifs is 1. The number of nitrogens with zero attached hydrogens (tertiary/aromatic N) is 1. The second kappa shape index (κ2) is 6.49. The molecule has 1 amide bonds. The van der Waals surface area contributed by atoms with Crippen molar-refractivity contribution in [1.82, 2.24) is 4.90 Å². The number of piperidine rings is 1. The van der Waals surface area contributed by atoms with Crippen molar-refractivity contribution in [3.63, 3.8) is 0 Å². The highest BCUT2D eigenvalue weighted by molar-refractivity contribution is 5.93. The first-order valence-electron chi connectivity index (χ1n) is 8.34. The molecule has 0 spiro atoms. The molecule has 118 valence electrons. The Balaban J connectivity index is 1.73. The molecule has 2 atom stereocenters. The number of carbonyl (C=O) groups excluding carboxylic acids is 1. The van der Waals surface area contributed by atoms with Gasteiger partial charge in [0.2, 0.25) is 5.91 Å². The molecular weight excluding hydrogens is 266 g/mol. The van der Waals surface area contributed by atoms with E-state index in [4.69, 9.17) is 9.47 Å². The van der Waals surface area contributed by atoms with Gasteiger partial charge in [-0.1, -0.05) is 6.08 Å². The number of amides is 1. The summed E-state index contributed by atoms with van der Waals surface area (Å²) in [6, 6.07) is 0. The molecule has 0 aromatic rings. The number of rotatable bonds is 3. The number of ether oxygens (including phenoxy) is 2. The quantitative estimate of drug-likeness (QED) is 0.802. The van der Waals surface area contributed by atoms with E-state index in [9.17, 15) is 4.79 Å². The summed E-state index contributed by atoms with van der Waals surface area (Å²) >= 11 is 0. The van der Waals surface area contributed by atoms with E-state index in [1.807, 2.05) is 0 Å². The second-order valence-electron chi connectivity index (χ2n) is 6.75. The largest absolute Gasteiger partial charge is 0.384 e. The molecule has 0 radical (unpaired) electrons. The van der Waals surface area contributed by atoms with Crippen LogP contribution in [0.3, 0.4) is 0 Å². The van der Waals surface area contributed by atoms with Gasteiger partial charge in [-0.25, -0.2) is 0 Å². The summed E-state index contributed by atoms with van der Waals surface area (Å²) in [5.74, 6) is 0.259. The van der Waals surface area contributed by atoms with Crippen LogP contribution in [-0.2, 0) is 14.3 Å². The minimum atomic E-state index is 0.0101. The van der Waals surface area contributed by atoms with Crippen LogP contribution in [0.25, 0.3) is 0 Å². The number of hydrogen-bond acceptors (Lipinski definition) is 3. The maximum atomic E-state index is 12.8. The van der Waals surface area contributed by atoms with Gasteiger partial charge in [-0.05, 0) is 44.9 Å². The summed E-state index contributed by atoms with van der Waals surface area (Å²) < 4.78 is 11.5. The van der Waals surface area contributed by atoms with Crippen molar-refractivity contribution < 1.29 is 14.3 Å². The predicted molar refractivity (Wildman–Crippen MR) is 81.0 cm³/mol. The first kappa shape index (κ1) is 15.0. The molecule has 4 heteroatoms. The number of hydrogen-bond donors (Lipinski definition) is 0. The fourth-order valence-electron chi connectivity index (χ4n) is 4.20. The highest BCUT2D eigenvalue weighted by Crippen LogP contribution is 2.40. The van der Waals surface area contributed by atoms with Crippen molar-refractivity contribution in [2.45, 2.75) is 51.0 Å². The molecule has 0 saturated carbocycles. The van der Waals surface area contributed by atoms with E-state index in [2.05, 4.69) is 11.0 Å². The summed E-state index contributed by atoms with van der Waals surface area (Å²) in [7, 11) is 1.75. The topological polar surface area (TPSA) is 38.8 Å². The average Bonchev–Trinajstić information content (AvgIpc) is 2.54. The van der Waals surface area contributed by atoms with Gasteiger partial charge in [-0.3, -0.25) is 4.79 Å². The smallest absolute Gasteiger partial charge is 0.249 e. The zero-order valence-electron chi connectivity index (χ0n) is 13.1. The van der Waals surface area contributed by atoms with E-state index in [1.54, 1.807) is 7.11 Å². The van der Waals surface area contributed by atoms with E-state index in [0.29, 0.717) is 6.61 Å². The molecule has 4 nitrogen and oxygen atoms in total. The van der Waals surface area contributed by atoms with Gasteiger partial charge in [-0.2, -0.15) is 0 Å². The first-order chi connectivity index (χ1) is 10.2. The maximum Gasteiger partial charge on any atom is 0.249 e. The zero-order valence-corrected chi connectivity index (χ0v) is 13.1. The van der Waals surface area contributed by atoms with Crippen molar-refractivity contribution in [2.75, 3.05) is 33.4 Å². The second-order valence-corrected chi connectivity index (χ2v) is 6.75. The normalized spacial score (nSPS) is 33.3. The van der Waals surface area contributed by atoms with Crippen LogP contribution in [0.1, 0.15) is 44.9 Å². The Labute approximate surface area is 127 Å². The van der Waals surface area contributed by atoms with E-state index < -0.39 is 0 Å². The van der Waals surface area contributed by atoms with Gasteiger partial charge in [0.1, 0.15) is 0 Å². The van der Waals surface area contributed by atoms with Crippen LogP contribution in [0, 0.1) is 5.41 Å². The highest BCUT2D eigenvalue weighted by Gasteiger charge is 2.47. The summed E-state index contributed by atoms with van der Waals surface area (Å²) in [5.41, 5.74) is 1.04. The van der Waals surface area contributed by atoms with Gasteiger partial charge >= 0.3 is 0 Å². The van der Waals surface area contributed by atoms with E-state index in [1.165, 1.54) is 6.42 Å². The molecule has 2 aliphatic heterocycles. The molecule has 2 fully saturated rings. The van der Waals surface area contributed by atoms with Crippen LogP contribution in [0.2, 0.25) is 0 Å². The highest BCUT2D eigenvalue weighted by atomic mass is 16.5. The maximum absolute atomic E-state index is 12.8. The van der Waals surface area contributed by atoms with Gasteiger partial charge in [0.25, 0.3) is 0 Å². The van der Waals surface area contributed by atoms with Gasteiger partial charge in [-0.15, -0.1) is 0 Å². The van der Waals surface area contributed by atoms with E-state index in [-0.39, 0.29) is 17.4 Å². The van der Waals surface area contributed by atoms with Gasteiger partial charge in [0.15, 0.2) is 0 Å². The molecular formula is C17H27NO3. The Bertz CT molecular complexity index is 416. The molecule has 3 aliphatic rings. The first-order valence-corrected chi connectivity index (χ1v) is 8.34. The van der Waals surface area contributed by atoms with Crippen LogP contribution >= 0.6 is 0 Å². The summed E-state index contributed by atoms with van der Waals surface area (Å²) in [5, 5.41) is 0. The third kappa shape index (κ3) is 3.02. The van der Waals surface area contributed by atoms with Crippen molar-refractivity contribution in [3.05, 3.63) is 11.6 Å². The predicted octanol–water partition coefficient (Wildman–Crippen LogP) is 2.53. The van der Waals surface area contributed by atoms with Crippen LogP contribution in [0.5, 0.6) is 0 Å². The molecule has 0 unspecified atom stereocenters. The van der Waals surface area contributed by atoms with E-state index >= 15 is 0 Å². The third-order valence-corrected chi connectivity index (χ3v) is 5.27. The molecule has 0 aromatic heterocycles. The Kier molecular flexibility index (Phi) is 4.65. The Hall–Kier alpha value is -0.870. The van der Waals surface area contributed by atoms with Crippen LogP contribution < -0.4 is 0 Å². The zero-order chi connectivity index (χ0) is 14.7. The number of methoxy groups -OCH3 is 1. The SMILES string of the molecule is COC[C@]12CCCO[C@H]1CCN(C(=O)C1=CCCCC1)C2. The van der Waals surface area contributed by atoms with Crippen molar-refractivity contribution >= 4 is 5.91 Å². The number of carbonyl (C=O) groups is 1. The molecule has 0 aromatic carbocycles. The monoisotopic (exact) mass is 293 g/mol. The fourth-order valence-corrected chi connectivity index (χ4v) is 4.20. The number of likely N-dealkylation sites (tertiary alicyclic amines) is 1. The Morgan fingerprint density at radius 2 is 2.38 bits per heavy atom. The molecule has 0 N–H and O–H groups in total. The Morgan fingerprint density at radius 3 is 3.14 bits per heavy atom. The molecule has 2 saturated heterocycles. The standard InChI is InChI=1S/C17H27NO3/c1-20-13-17-9-5-11-21-15(17)8-10-18(12-17)16(19)14-6-3-2-4-7-14/h6,15H,2-5,7-13H2,1H3/t15-,17+/m0/s1. The summed E-state index contributed by atoms with van der Waals surface area (Å²) in [6.45, 7) is 3.17. The summed E-state index contributed by atoms with van der Waals surface area (Å²) in [6.07, 6.45) is 9.92. The lowest BCUT2D eigenvalue weighted by Crippen LogP contribution is -2.58. The minimum absolute atomic E-state index is 0.0101.